The molecule has 0 aliphatic heterocycles. The molecule has 7 heteroatoms. The van der Waals surface area contributed by atoms with Crippen LogP contribution in [0.3, 0.4) is 0 Å². The van der Waals surface area contributed by atoms with E-state index in [1.807, 2.05) is 0 Å². The molecule has 0 aromatic heterocycles. The van der Waals surface area contributed by atoms with Crippen molar-refractivity contribution in [3.63, 3.8) is 0 Å². The quantitative estimate of drug-likeness (QED) is 0.684. The standard InChI is InChI=1S/C14H9Cl3F3N/c15-10-2-4-11(16)8(5-10)7-21-13-6-9(14(18,19)20)1-3-12(13)17/h1-6,21H,7H2. The molecule has 2 aromatic rings. The average molecular weight is 355 g/mol. The molecular weight excluding hydrogens is 346 g/mol. The van der Waals surface area contributed by atoms with Crippen molar-refractivity contribution in [3.8, 4) is 0 Å². The molecule has 2 aromatic carbocycles. The van der Waals surface area contributed by atoms with Crippen LogP contribution in [0.2, 0.25) is 15.1 Å². The molecule has 0 saturated carbocycles. The molecule has 0 fully saturated rings. The molecule has 0 saturated heterocycles. The lowest BCUT2D eigenvalue weighted by atomic mass is 10.1. The van der Waals surface area contributed by atoms with Crippen molar-refractivity contribution >= 4 is 40.5 Å². The number of hydrogen-bond donors (Lipinski definition) is 1. The predicted octanol–water partition coefficient (Wildman–Crippen LogP) is 6.28. The summed E-state index contributed by atoms with van der Waals surface area (Å²) in [6, 6.07) is 7.98. The van der Waals surface area contributed by atoms with Gasteiger partial charge in [-0.05, 0) is 42.0 Å². The van der Waals surface area contributed by atoms with Crippen molar-refractivity contribution < 1.29 is 13.2 Å². The smallest absolute Gasteiger partial charge is 0.380 e. The van der Waals surface area contributed by atoms with Gasteiger partial charge in [-0.3, -0.25) is 0 Å². The predicted molar refractivity (Wildman–Crippen MR) is 80.2 cm³/mol. The van der Waals surface area contributed by atoms with E-state index in [-0.39, 0.29) is 17.3 Å². The Balaban J connectivity index is 2.22. The summed E-state index contributed by atoms with van der Waals surface area (Å²) in [5.74, 6) is 0. The highest BCUT2D eigenvalue weighted by molar-refractivity contribution is 6.34. The van der Waals surface area contributed by atoms with Crippen LogP contribution in [0.5, 0.6) is 0 Å². The van der Waals surface area contributed by atoms with Crippen molar-refractivity contribution in [1.82, 2.24) is 0 Å². The van der Waals surface area contributed by atoms with Gasteiger partial charge < -0.3 is 5.32 Å². The topological polar surface area (TPSA) is 12.0 Å². The van der Waals surface area contributed by atoms with Gasteiger partial charge in [0.1, 0.15) is 0 Å². The summed E-state index contributed by atoms with van der Waals surface area (Å²) >= 11 is 17.7. The SMILES string of the molecule is FC(F)(F)c1ccc(Cl)c(NCc2cc(Cl)ccc2Cl)c1. The second kappa shape index (κ2) is 6.34. The maximum Gasteiger partial charge on any atom is 0.416 e. The van der Waals surface area contributed by atoms with Crippen molar-refractivity contribution in [2.45, 2.75) is 12.7 Å². The van der Waals surface area contributed by atoms with Crippen LogP contribution in [0.4, 0.5) is 18.9 Å². The van der Waals surface area contributed by atoms with E-state index in [0.29, 0.717) is 15.6 Å². The monoisotopic (exact) mass is 353 g/mol. The van der Waals surface area contributed by atoms with E-state index in [2.05, 4.69) is 5.32 Å². The largest absolute Gasteiger partial charge is 0.416 e. The Morgan fingerprint density at radius 3 is 2.24 bits per heavy atom. The number of halogens is 6. The third-order valence-corrected chi connectivity index (χ3v) is 3.70. The van der Waals surface area contributed by atoms with Crippen molar-refractivity contribution in [2.24, 2.45) is 0 Å². The minimum Gasteiger partial charge on any atom is -0.380 e. The Hall–Kier alpha value is -1.10. The van der Waals surface area contributed by atoms with Crippen molar-refractivity contribution in [2.75, 3.05) is 5.32 Å². The molecule has 21 heavy (non-hydrogen) atoms. The van der Waals surface area contributed by atoms with Gasteiger partial charge in [0.2, 0.25) is 0 Å². The van der Waals surface area contributed by atoms with Gasteiger partial charge in [-0.15, -0.1) is 0 Å². The number of alkyl halides is 3. The van der Waals surface area contributed by atoms with E-state index >= 15 is 0 Å². The van der Waals surface area contributed by atoms with Crippen LogP contribution in [0.15, 0.2) is 36.4 Å². The summed E-state index contributed by atoms with van der Waals surface area (Å²) in [5, 5.41) is 3.99. The van der Waals surface area contributed by atoms with Gasteiger partial charge in [-0.2, -0.15) is 13.2 Å². The number of nitrogens with one attached hydrogen (secondary N) is 1. The summed E-state index contributed by atoms with van der Waals surface area (Å²) in [7, 11) is 0. The zero-order valence-electron chi connectivity index (χ0n) is 10.4. The van der Waals surface area contributed by atoms with Crippen LogP contribution in [0.1, 0.15) is 11.1 Å². The highest BCUT2D eigenvalue weighted by Gasteiger charge is 2.30. The second-order valence-electron chi connectivity index (χ2n) is 4.28. The highest BCUT2D eigenvalue weighted by Crippen LogP contribution is 2.34. The maximum atomic E-state index is 12.7. The summed E-state index contributed by atoms with van der Waals surface area (Å²) in [6.07, 6.45) is -4.42. The molecule has 0 radical (unpaired) electrons. The average Bonchev–Trinajstić information content (AvgIpc) is 2.40. The maximum absolute atomic E-state index is 12.7. The normalized spacial score (nSPS) is 11.5. The molecule has 0 aliphatic rings. The van der Waals surface area contributed by atoms with E-state index in [4.69, 9.17) is 34.8 Å². The van der Waals surface area contributed by atoms with Gasteiger partial charge in [-0.25, -0.2) is 0 Å². The Bertz CT molecular complexity index is 656. The Kier molecular flexibility index (Phi) is 4.91. The lowest BCUT2D eigenvalue weighted by Crippen LogP contribution is -2.07. The minimum absolute atomic E-state index is 0.183. The van der Waals surface area contributed by atoms with E-state index < -0.39 is 11.7 Å². The fraction of sp³-hybridized carbons (Fsp3) is 0.143. The first-order valence-electron chi connectivity index (χ1n) is 5.82. The van der Waals surface area contributed by atoms with Crippen LogP contribution < -0.4 is 5.32 Å². The van der Waals surface area contributed by atoms with Gasteiger partial charge in [0, 0.05) is 16.6 Å². The number of rotatable bonds is 3. The van der Waals surface area contributed by atoms with E-state index in [1.54, 1.807) is 18.2 Å². The lowest BCUT2D eigenvalue weighted by Gasteiger charge is -2.13. The molecule has 1 N–H and O–H groups in total. The molecule has 1 nitrogen and oxygen atoms in total. The third-order valence-electron chi connectivity index (χ3n) is 2.77. The molecule has 2 rings (SSSR count). The Morgan fingerprint density at radius 2 is 1.57 bits per heavy atom. The summed E-state index contributed by atoms with van der Waals surface area (Å²) in [6.45, 7) is 0.209. The van der Waals surface area contributed by atoms with Crippen LogP contribution >= 0.6 is 34.8 Å². The molecule has 0 unspecified atom stereocenters. The molecule has 0 amide bonds. The third kappa shape index (κ3) is 4.19. The fourth-order valence-electron chi connectivity index (χ4n) is 1.71. The second-order valence-corrected chi connectivity index (χ2v) is 5.53. The Morgan fingerprint density at radius 1 is 0.905 bits per heavy atom. The first-order chi connectivity index (χ1) is 9.77. The fourth-order valence-corrected chi connectivity index (χ4v) is 2.27. The molecule has 112 valence electrons. The van der Waals surface area contributed by atoms with Gasteiger partial charge in [0.25, 0.3) is 0 Å². The molecule has 0 atom stereocenters. The van der Waals surface area contributed by atoms with Crippen LogP contribution in [-0.2, 0) is 12.7 Å². The zero-order chi connectivity index (χ0) is 15.6. The molecule has 0 bridgehead atoms. The van der Waals surface area contributed by atoms with Crippen molar-refractivity contribution in [1.29, 1.82) is 0 Å². The van der Waals surface area contributed by atoms with Crippen LogP contribution in [0, 0.1) is 0 Å². The van der Waals surface area contributed by atoms with Crippen LogP contribution in [-0.4, -0.2) is 0 Å². The highest BCUT2D eigenvalue weighted by atomic mass is 35.5. The first kappa shape index (κ1) is 16.3. The minimum atomic E-state index is -4.42. The summed E-state index contributed by atoms with van der Waals surface area (Å²) in [4.78, 5) is 0. The summed E-state index contributed by atoms with van der Waals surface area (Å²) < 4.78 is 38.0. The number of benzene rings is 2. The van der Waals surface area contributed by atoms with E-state index in [1.165, 1.54) is 6.07 Å². The first-order valence-corrected chi connectivity index (χ1v) is 6.95. The Labute approximate surface area is 134 Å². The van der Waals surface area contributed by atoms with E-state index in [0.717, 1.165) is 12.1 Å². The van der Waals surface area contributed by atoms with Crippen LogP contribution in [0.25, 0.3) is 0 Å². The van der Waals surface area contributed by atoms with Crippen molar-refractivity contribution in [3.05, 3.63) is 62.6 Å². The van der Waals surface area contributed by atoms with Gasteiger partial charge >= 0.3 is 6.18 Å². The molecular formula is C14H9Cl3F3N. The molecule has 0 spiro atoms. The number of hydrogen-bond acceptors (Lipinski definition) is 1. The molecule has 0 aliphatic carbocycles. The van der Waals surface area contributed by atoms with Gasteiger partial charge in [0.15, 0.2) is 0 Å². The number of anilines is 1. The lowest BCUT2D eigenvalue weighted by molar-refractivity contribution is -0.137. The van der Waals surface area contributed by atoms with E-state index in [9.17, 15) is 13.2 Å². The van der Waals surface area contributed by atoms with Gasteiger partial charge in [0.05, 0.1) is 16.3 Å². The summed E-state index contributed by atoms with van der Waals surface area (Å²) in [5.41, 5.74) is 0.0757. The zero-order valence-corrected chi connectivity index (χ0v) is 12.7. The molecule has 0 heterocycles. The van der Waals surface area contributed by atoms with Gasteiger partial charge in [-0.1, -0.05) is 34.8 Å².